The van der Waals surface area contributed by atoms with Crippen molar-refractivity contribution in [3.63, 3.8) is 0 Å². The molecule has 0 aromatic rings. The van der Waals surface area contributed by atoms with Crippen molar-refractivity contribution in [2.75, 3.05) is 19.8 Å². The summed E-state index contributed by atoms with van der Waals surface area (Å²) in [6, 6.07) is 0. The van der Waals surface area contributed by atoms with Crippen LogP contribution >= 0.6 is 0 Å². The van der Waals surface area contributed by atoms with Crippen molar-refractivity contribution in [3.05, 3.63) is 0 Å². The second-order valence-electron chi connectivity index (χ2n) is 3.11. The lowest BCUT2D eigenvalue weighted by Gasteiger charge is -2.17. The van der Waals surface area contributed by atoms with Crippen LogP contribution in [0.5, 0.6) is 0 Å². The highest BCUT2D eigenvalue weighted by atomic mass is 16.7. The van der Waals surface area contributed by atoms with Crippen LogP contribution < -0.4 is 0 Å². The lowest BCUT2D eigenvalue weighted by molar-refractivity contribution is -0.181. The van der Waals surface area contributed by atoms with E-state index in [2.05, 4.69) is 0 Å². The van der Waals surface area contributed by atoms with Gasteiger partial charge < -0.3 is 14.2 Å². The lowest BCUT2D eigenvalue weighted by Crippen LogP contribution is -2.23. The van der Waals surface area contributed by atoms with E-state index in [4.69, 9.17) is 14.2 Å². The van der Waals surface area contributed by atoms with Gasteiger partial charge in [0, 0.05) is 26.1 Å². The fraction of sp³-hybridized carbons (Fsp3) is 0.909. The molecule has 1 unspecified atom stereocenters. The van der Waals surface area contributed by atoms with Crippen molar-refractivity contribution in [2.45, 2.75) is 46.3 Å². The minimum atomic E-state index is -0.458. The summed E-state index contributed by atoms with van der Waals surface area (Å²) in [5, 5.41) is 0. The zero-order valence-corrected chi connectivity index (χ0v) is 9.95. The Morgan fingerprint density at radius 3 is 2.47 bits per heavy atom. The topological polar surface area (TPSA) is 44.8 Å². The number of ether oxygens (including phenoxy) is 3. The van der Waals surface area contributed by atoms with Gasteiger partial charge in [-0.25, -0.2) is 0 Å². The molecule has 0 aliphatic rings. The van der Waals surface area contributed by atoms with Crippen molar-refractivity contribution < 1.29 is 19.0 Å². The van der Waals surface area contributed by atoms with E-state index in [9.17, 15) is 4.79 Å². The second-order valence-corrected chi connectivity index (χ2v) is 3.11. The Hall–Kier alpha value is -0.610. The normalized spacial score (nSPS) is 12.5. The molecule has 1 atom stereocenters. The van der Waals surface area contributed by atoms with Crippen LogP contribution in [-0.4, -0.2) is 32.1 Å². The second kappa shape index (κ2) is 9.93. The van der Waals surface area contributed by atoms with Crippen molar-refractivity contribution in [1.82, 2.24) is 0 Å². The van der Waals surface area contributed by atoms with Gasteiger partial charge in [-0.1, -0.05) is 6.92 Å². The first-order valence-electron chi connectivity index (χ1n) is 5.63. The van der Waals surface area contributed by atoms with Gasteiger partial charge in [0.15, 0.2) is 0 Å². The molecule has 0 rings (SSSR count). The van der Waals surface area contributed by atoms with Crippen LogP contribution in [0.2, 0.25) is 0 Å². The van der Waals surface area contributed by atoms with Crippen molar-refractivity contribution in [3.8, 4) is 0 Å². The average molecular weight is 218 g/mol. The molecule has 90 valence electrons. The molecule has 0 N–H and O–H groups in total. The highest BCUT2D eigenvalue weighted by molar-refractivity contribution is 5.69. The first-order chi connectivity index (χ1) is 7.24. The first kappa shape index (κ1) is 14.4. The van der Waals surface area contributed by atoms with E-state index in [1.165, 1.54) is 0 Å². The van der Waals surface area contributed by atoms with E-state index in [-0.39, 0.29) is 5.97 Å². The van der Waals surface area contributed by atoms with Gasteiger partial charge in [-0.05, 0) is 20.3 Å². The third kappa shape index (κ3) is 8.39. The molecule has 0 saturated heterocycles. The number of rotatable bonds is 9. The number of carbonyl (C=O) groups excluding carboxylic acids is 1. The average Bonchev–Trinajstić information content (AvgIpc) is 2.18. The first-order valence-corrected chi connectivity index (χ1v) is 5.63. The summed E-state index contributed by atoms with van der Waals surface area (Å²) in [6.07, 6.45) is 1.37. The van der Waals surface area contributed by atoms with Crippen molar-refractivity contribution >= 4 is 5.97 Å². The maximum atomic E-state index is 11.2. The predicted molar refractivity (Wildman–Crippen MR) is 57.5 cm³/mol. The summed E-state index contributed by atoms with van der Waals surface area (Å²) in [7, 11) is 0. The Labute approximate surface area is 91.9 Å². The van der Waals surface area contributed by atoms with Gasteiger partial charge in [0.25, 0.3) is 0 Å². The number of esters is 1. The van der Waals surface area contributed by atoms with E-state index in [1.54, 1.807) is 0 Å². The van der Waals surface area contributed by atoms with Gasteiger partial charge in [-0.2, -0.15) is 0 Å². The smallest absolute Gasteiger partial charge is 0.308 e. The van der Waals surface area contributed by atoms with Gasteiger partial charge in [0.05, 0.1) is 6.61 Å². The molecule has 0 aromatic carbocycles. The van der Waals surface area contributed by atoms with Gasteiger partial charge in [0.1, 0.15) is 0 Å². The third-order valence-corrected chi connectivity index (χ3v) is 1.77. The standard InChI is InChI=1S/C11H22O4/c1-4-7-10(12)15-11(14-6-3)8-9-13-5-2/h11H,4-9H2,1-3H3. The maximum Gasteiger partial charge on any atom is 0.308 e. The van der Waals surface area contributed by atoms with E-state index < -0.39 is 6.29 Å². The zero-order chi connectivity index (χ0) is 11.5. The molecule has 0 aromatic heterocycles. The van der Waals surface area contributed by atoms with Crippen LogP contribution in [0.25, 0.3) is 0 Å². The summed E-state index contributed by atoms with van der Waals surface area (Å²) in [6.45, 7) is 7.51. The van der Waals surface area contributed by atoms with Gasteiger partial charge in [-0.3, -0.25) is 4.79 Å². The molecule has 0 amide bonds. The fourth-order valence-electron chi connectivity index (χ4n) is 1.10. The minimum Gasteiger partial charge on any atom is -0.436 e. The van der Waals surface area contributed by atoms with Gasteiger partial charge in [-0.15, -0.1) is 0 Å². The van der Waals surface area contributed by atoms with Crippen LogP contribution in [0.4, 0.5) is 0 Å². The summed E-state index contributed by atoms with van der Waals surface area (Å²) < 4.78 is 15.6. The van der Waals surface area contributed by atoms with Crippen molar-refractivity contribution in [2.24, 2.45) is 0 Å². The summed E-state index contributed by atoms with van der Waals surface area (Å²) >= 11 is 0. The Morgan fingerprint density at radius 1 is 1.20 bits per heavy atom. The highest BCUT2D eigenvalue weighted by Crippen LogP contribution is 2.04. The van der Waals surface area contributed by atoms with Crippen LogP contribution in [0, 0.1) is 0 Å². The SMILES string of the molecule is CCCC(=O)OC(CCOCC)OCC. The highest BCUT2D eigenvalue weighted by Gasteiger charge is 2.13. The Morgan fingerprint density at radius 2 is 1.93 bits per heavy atom. The number of hydrogen-bond donors (Lipinski definition) is 0. The molecule has 4 heteroatoms. The van der Waals surface area contributed by atoms with Gasteiger partial charge >= 0.3 is 5.97 Å². The fourth-order valence-corrected chi connectivity index (χ4v) is 1.10. The van der Waals surface area contributed by atoms with E-state index in [0.29, 0.717) is 32.7 Å². The van der Waals surface area contributed by atoms with E-state index in [1.807, 2.05) is 20.8 Å². The van der Waals surface area contributed by atoms with E-state index in [0.717, 1.165) is 6.42 Å². The maximum absolute atomic E-state index is 11.2. The molecular weight excluding hydrogens is 196 g/mol. The molecule has 0 radical (unpaired) electrons. The molecule has 0 spiro atoms. The van der Waals surface area contributed by atoms with Crippen LogP contribution in [-0.2, 0) is 19.0 Å². The Kier molecular flexibility index (Phi) is 9.52. The van der Waals surface area contributed by atoms with Crippen LogP contribution in [0.1, 0.15) is 40.0 Å². The zero-order valence-electron chi connectivity index (χ0n) is 9.95. The quantitative estimate of drug-likeness (QED) is 0.338. The summed E-state index contributed by atoms with van der Waals surface area (Å²) in [5.41, 5.74) is 0. The van der Waals surface area contributed by atoms with Gasteiger partial charge in [0.2, 0.25) is 6.29 Å². The molecule has 0 saturated carbocycles. The third-order valence-electron chi connectivity index (χ3n) is 1.77. The van der Waals surface area contributed by atoms with Crippen LogP contribution in [0.15, 0.2) is 0 Å². The lowest BCUT2D eigenvalue weighted by atomic mass is 10.3. The molecule has 0 heterocycles. The Bertz CT molecular complexity index is 159. The molecule has 0 aliphatic heterocycles. The largest absolute Gasteiger partial charge is 0.436 e. The predicted octanol–water partition coefficient (Wildman–Crippen LogP) is 2.12. The molecular formula is C11H22O4. The van der Waals surface area contributed by atoms with Crippen molar-refractivity contribution in [1.29, 1.82) is 0 Å². The van der Waals surface area contributed by atoms with E-state index >= 15 is 0 Å². The number of carbonyl (C=O) groups is 1. The van der Waals surface area contributed by atoms with Crippen LogP contribution in [0.3, 0.4) is 0 Å². The number of hydrogen-bond acceptors (Lipinski definition) is 4. The molecule has 0 aliphatic carbocycles. The Balaban J connectivity index is 3.75. The molecule has 15 heavy (non-hydrogen) atoms. The minimum absolute atomic E-state index is 0.201. The molecule has 0 bridgehead atoms. The summed E-state index contributed by atoms with van der Waals surface area (Å²) in [5.74, 6) is -0.201. The monoisotopic (exact) mass is 218 g/mol. The molecule has 0 fully saturated rings. The molecule has 4 nitrogen and oxygen atoms in total. The summed E-state index contributed by atoms with van der Waals surface area (Å²) in [4.78, 5) is 11.2.